The van der Waals surface area contributed by atoms with Crippen molar-refractivity contribution in [1.82, 2.24) is 24.8 Å². The molecule has 0 unspecified atom stereocenters. The Kier molecular flexibility index (Phi) is 7.30. The van der Waals surface area contributed by atoms with Crippen LogP contribution in [0.5, 0.6) is 0 Å². The van der Waals surface area contributed by atoms with Crippen molar-refractivity contribution in [2.45, 2.75) is 6.92 Å². The molecule has 9 nitrogen and oxygen atoms in total. The standard InChI is InChI=1S/C27H30N8O/c1-20-4-2-5-23(29-20)24-6-3-7-25(31-24)32-26-12-13-28-27(33-26)30-21-8-10-22(11-9-21)35-16-14-34(15-17-35)18-19-36/h2-13,36H,14-19H2,1H3,(H2,28,30,31,32,33). The van der Waals surface area contributed by atoms with Crippen molar-refractivity contribution in [2.24, 2.45) is 0 Å². The average molecular weight is 483 g/mol. The van der Waals surface area contributed by atoms with Crippen LogP contribution in [0.25, 0.3) is 11.4 Å². The van der Waals surface area contributed by atoms with E-state index in [0.29, 0.717) is 17.6 Å². The lowest BCUT2D eigenvalue weighted by Crippen LogP contribution is -2.47. The summed E-state index contributed by atoms with van der Waals surface area (Å²) in [6, 6.07) is 21.8. The predicted octanol–water partition coefficient (Wildman–Crippen LogP) is 3.84. The summed E-state index contributed by atoms with van der Waals surface area (Å²) >= 11 is 0. The number of piperazine rings is 1. The zero-order valence-corrected chi connectivity index (χ0v) is 20.3. The normalized spacial score (nSPS) is 14.0. The number of aliphatic hydroxyl groups excluding tert-OH is 1. The molecule has 36 heavy (non-hydrogen) atoms. The highest BCUT2D eigenvalue weighted by molar-refractivity contribution is 5.63. The van der Waals surface area contributed by atoms with Crippen molar-refractivity contribution in [3.8, 4) is 11.4 Å². The van der Waals surface area contributed by atoms with Crippen molar-refractivity contribution < 1.29 is 5.11 Å². The minimum atomic E-state index is 0.215. The van der Waals surface area contributed by atoms with Gasteiger partial charge in [0.2, 0.25) is 5.95 Å². The number of aryl methyl sites for hydroxylation is 1. The molecule has 1 aliphatic heterocycles. The quantitative estimate of drug-likeness (QED) is 0.346. The van der Waals surface area contributed by atoms with Gasteiger partial charge < -0.3 is 20.6 Å². The molecule has 9 heteroatoms. The molecule has 1 fully saturated rings. The molecular weight excluding hydrogens is 452 g/mol. The Bertz CT molecular complexity index is 1290. The molecule has 1 aliphatic rings. The highest BCUT2D eigenvalue weighted by atomic mass is 16.3. The highest BCUT2D eigenvalue weighted by Gasteiger charge is 2.16. The lowest BCUT2D eigenvalue weighted by molar-refractivity contribution is 0.189. The molecule has 0 spiro atoms. The van der Waals surface area contributed by atoms with Crippen molar-refractivity contribution in [2.75, 3.05) is 54.9 Å². The number of β-amino-alcohol motifs (C(OH)–C–C–N with tert-alkyl or cyclic N) is 1. The summed E-state index contributed by atoms with van der Waals surface area (Å²) in [5, 5.41) is 15.7. The van der Waals surface area contributed by atoms with E-state index in [4.69, 9.17) is 5.11 Å². The van der Waals surface area contributed by atoms with Gasteiger partial charge in [0.15, 0.2) is 0 Å². The third kappa shape index (κ3) is 5.94. The SMILES string of the molecule is Cc1cccc(-c2cccc(Nc3ccnc(Nc4ccc(N5CCN(CCO)CC5)cc4)n3)n2)n1. The van der Waals surface area contributed by atoms with Crippen LogP contribution in [0, 0.1) is 6.92 Å². The van der Waals surface area contributed by atoms with Gasteiger partial charge in [0.1, 0.15) is 11.6 Å². The summed E-state index contributed by atoms with van der Waals surface area (Å²) in [5.74, 6) is 1.83. The van der Waals surface area contributed by atoms with E-state index >= 15 is 0 Å². The maximum Gasteiger partial charge on any atom is 0.229 e. The molecule has 3 aromatic heterocycles. The molecule has 3 N–H and O–H groups in total. The zero-order chi connectivity index (χ0) is 24.7. The van der Waals surface area contributed by atoms with Crippen LogP contribution in [-0.4, -0.2) is 69.3 Å². The number of hydrogen-bond donors (Lipinski definition) is 3. The first-order valence-corrected chi connectivity index (χ1v) is 12.1. The molecule has 0 aliphatic carbocycles. The van der Waals surface area contributed by atoms with Crippen molar-refractivity contribution in [1.29, 1.82) is 0 Å². The average Bonchev–Trinajstić information content (AvgIpc) is 2.90. The fourth-order valence-corrected chi connectivity index (χ4v) is 4.21. The van der Waals surface area contributed by atoms with Gasteiger partial charge in [-0.3, -0.25) is 9.88 Å². The smallest absolute Gasteiger partial charge is 0.229 e. The summed E-state index contributed by atoms with van der Waals surface area (Å²) in [4.78, 5) is 22.9. The molecule has 5 rings (SSSR count). The molecule has 0 bridgehead atoms. The molecular formula is C27H30N8O. The van der Waals surface area contributed by atoms with Crippen LogP contribution in [0.4, 0.5) is 29.0 Å². The number of rotatable bonds is 8. The summed E-state index contributed by atoms with van der Waals surface area (Å²) in [7, 11) is 0. The van der Waals surface area contributed by atoms with Crippen molar-refractivity contribution in [3.05, 3.63) is 78.6 Å². The minimum Gasteiger partial charge on any atom is -0.395 e. The van der Waals surface area contributed by atoms with Gasteiger partial charge in [-0.15, -0.1) is 0 Å². The number of aromatic nitrogens is 4. The number of anilines is 5. The van der Waals surface area contributed by atoms with Gasteiger partial charge >= 0.3 is 0 Å². The van der Waals surface area contributed by atoms with Crippen LogP contribution in [-0.2, 0) is 0 Å². The second-order valence-corrected chi connectivity index (χ2v) is 8.69. The highest BCUT2D eigenvalue weighted by Crippen LogP contribution is 2.23. The topological polar surface area (TPSA) is 102 Å². The number of benzene rings is 1. The second-order valence-electron chi connectivity index (χ2n) is 8.69. The summed E-state index contributed by atoms with van der Waals surface area (Å²) in [6.45, 7) is 6.77. The van der Waals surface area contributed by atoms with Crippen molar-refractivity contribution >= 4 is 29.0 Å². The van der Waals surface area contributed by atoms with E-state index in [1.165, 1.54) is 5.69 Å². The number of nitrogens with one attached hydrogen (secondary N) is 2. The van der Waals surface area contributed by atoms with Crippen LogP contribution >= 0.6 is 0 Å². The largest absolute Gasteiger partial charge is 0.395 e. The van der Waals surface area contributed by atoms with Crippen LogP contribution in [0.3, 0.4) is 0 Å². The Morgan fingerprint density at radius 3 is 2.25 bits per heavy atom. The van der Waals surface area contributed by atoms with Crippen LogP contribution in [0.15, 0.2) is 72.9 Å². The summed E-state index contributed by atoms with van der Waals surface area (Å²) in [6.07, 6.45) is 1.71. The lowest BCUT2D eigenvalue weighted by atomic mass is 10.2. The Hall–Kier alpha value is -4.08. The molecule has 0 amide bonds. The Morgan fingerprint density at radius 2 is 1.50 bits per heavy atom. The van der Waals surface area contributed by atoms with E-state index in [-0.39, 0.29) is 6.61 Å². The third-order valence-corrected chi connectivity index (χ3v) is 6.09. The van der Waals surface area contributed by atoms with Gasteiger partial charge in [-0.2, -0.15) is 4.98 Å². The maximum atomic E-state index is 9.12. The van der Waals surface area contributed by atoms with Crippen LogP contribution in [0.2, 0.25) is 0 Å². The van der Waals surface area contributed by atoms with Crippen molar-refractivity contribution in [3.63, 3.8) is 0 Å². The first kappa shape index (κ1) is 23.7. The van der Waals surface area contributed by atoms with Gasteiger partial charge in [0, 0.05) is 56.0 Å². The van der Waals surface area contributed by atoms with Crippen LogP contribution < -0.4 is 15.5 Å². The van der Waals surface area contributed by atoms with Gasteiger partial charge in [-0.1, -0.05) is 12.1 Å². The van der Waals surface area contributed by atoms with E-state index in [0.717, 1.165) is 55.5 Å². The van der Waals surface area contributed by atoms with Gasteiger partial charge in [0.25, 0.3) is 0 Å². The predicted molar refractivity (Wildman–Crippen MR) is 143 cm³/mol. The fraction of sp³-hybridized carbons (Fsp3) is 0.259. The fourth-order valence-electron chi connectivity index (χ4n) is 4.21. The van der Waals surface area contributed by atoms with Gasteiger partial charge in [-0.25, -0.2) is 9.97 Å². The third-order valence-electron chi connectivity index (χ3n) is 6.09. The number of nitrogens with zero attached hydrogens (tertiary/aromatic N) is 6. The molecule has 0 radical (unpaired) electrons. The Labute approximate surface area is 210 Å². The summed E-state index contributed by atoms with van der Waals surface area (Å²) in [5.41, 5.74) is 4.69. The molecule has 0 atom stereocenters. The monoisotopic (exact) mass is 482 g/mol. The van der Waals surface area contributed by atoms with Gasteiger partial charge in [0.05, 0.1) is 18.0 Å². The molecule has 0 saturated carbocycles. The van der Waals surface area contributed by atoms with E-state index < -0.39 is 0 Å². The first-order chi connectivity index (χ1) is 17.7. The maximum absolute atomic E-state index is 9.12. The lowest BCUT2D eigenvalue weighted by Gasteiger charge is -2.35. The Morgan fingerprint density at radius 1 is 0.778 bits per heavy atom. The van der Waals surface area contributed by atoms with E-state index in [2.05, 4.69) is 52.5 Å². The van der Waals surface area contributed by atoms with E-state index in [1.807, 2.05) is 61.5 Å². The minimum absolute atomic E-state index is 0.215. The molecule has 1 saturated heterocycles. The Balaban J connectivity index is 1.22. The van der Waals surface area contributed by atoms with Gasteiger partial charge in [-0.05, 0) is 61.5 Å². The molecule has 1 aromatic carbocycles. The second kappa shape index (κ2) is 11.1. The van der Waals surface area contributed by atoms with Crippen LogP contribution in [0.1, 0.15) is 5.69 Å². The molecule has 4 heterocycles. The van der Waals surface area contributed by atoms with E-state index in [9.17, 15) is 0 Å². The number of pyridine rings is 2. The molecule has 184 valence electrons. The number of hydrogen-bond acceptors (Lipinski definition) is 9. The number of aliphatic hydroxyl groups is 1. The molecule has 4 aromatic rings. The zero-order valence-electron chi connectivity index (χ0n) is 20.3. The first-order valence-electron chi connectivity index (χ1n) is 12.1. The van der Waals surface area contributed by atoms with E-state index in [1.54, 1.807) is 6.20 Å². The summed E-state index contributed by atoms with van der Waals surface area (Å²) < 4.78 is 0.